The van der Waals surface area contributed by atoms with Crippen LogP contribution >= 0.6 is 24.0 Å². The second kappa shape index (κ2) is 12.0. The van der Waals surface area contributed by atoms with Gasteiger partial charge in [0.1, 0.15) is 18.1 Å². The summed E-state index contributed by atoms with van der Waals surface area (Å²) in [6.07, 6.45) is 2.46. The highest BCUT2D eigenvalue weighted by atomic mass is 127. The SMILES string of the molecule is CCNC(=NCc1nc(-c2ccco2)n[nH]1)NCCCOc1ccccc1.I. The topological polar surface area (TPSA) is 100 Å². The minimum atomic E-state index is 0. The number of guanidine groups is 1. The average Bonchev–Trinajstić information content (AvgIpc) is 3.38. The summed E-state index contributed by atoms with van der Waals surface area (Å²) in [4.78, 5) is 8.91. The predicted molar refractivity (Wildman–Crippen MR) is 119 cm³/mol. The number of rotatable bonds is 9. The fraction of sp³-hybridized carbons (Fsp3) is 0.316. The molecule has 3 rings (SSSR count). The molecule has 9 heteroatoms. The molecule has 3 aromatic rings. The lowest BCUT2D eigenvalue weighted by Crippen LogP contribution is -2.38. The maximum absolute atomic E-state index is 5.68. The van der Waals surface area contributed by atoms with Gasteiger partial charge in [-0.3, -0.25) is 5.10 Å². The van der Waals surface area contributed by atoms with Gasteiger partial charge in [-0.05, 0) is 37.6 Å². The summed E-state index contributed by atoms with van der Waals surface area (Å²) in [5, 5.41) is 13.5. The molecule has 3 N–H and O–H groups in total. The van der Waals surface area contributed by atoms with Gasteiger partial charge in [0, 0.05) is 13.1 Å². The summed E-state index contributed by atoms with van der Waals surface area (Å²) >= 11 is 0. The van der Waals surface area contributed by atoms with E-state index in [0.29, 0.717) is 30.6 Å². The highest BCUT2D eigenvalue weighted by molar-refractivity contribution is 14.0. The number of para-hydroxylation sites is 1. The van der Waals surface area contributed by atoms with Crippen molar-refractivity contribution < 1.29 is 9.15 Å². The van der Waals surface area contributed by atoms with Crippen LogP contribution < -0.4 is 15.4 Å². The van der Waals surface area contributed by atoms with E-state index in [1.165, 1.54) is 0 Å². The summed E-state index contributed by atoms with van der Waals surface area (Å²) in [5.41, 5.74) is 0. The Hall–Kier alpha value is -2.56. The fourth-order valence-electron chi connectivity index (χ4n) is 2.36. The minimum Gasteiger partial charge on any atom is -0.494 e. The second-order valence-corrected chi connectivity index (χ2v) is 5.72. The van der Waals surface area contributed by atoms with Gasteiger partial charge in [-0.25, -0.2) is 9.98 Å². The molecule has 0 fully saturated rings. The normalized spacial score (nSPS) is 11.0. The van der Waals surface area contributed by atoms with Gasteiger partial charge in [0.05, 0.1) is 12.9 Å². The zero-order valence-corrected chi connectivity index (χ0v) is 18.1. The average molecular weight is 496 g/mol. The number of hydrogen-bond acceptors (Lipinski definition) is 5. The number of nitrogens with one attached hydrogen (secondary N) is 3. The first kappa shape index (κ1) is 21.7. The molecule has 1 aromatic carbocycles. The Bertz CT molecular complexity index is 820. The number of ether oxygens (including phenoxy) is 1. The number of aliphatic imine (C=N–C) groups is 1. The molecule has 28 heavy (non-hydrogen) atoms. The Morgan fingerprint density at radius 2 is 2.04 bits per heavy atom. The summed E-state index contributed by atoms with van der Waals surface area (Å²) in [6, 6.07) is 13.4. The van der Waals surface area contributed by atoms with Crippen molar-refractivity contribution in [3.05, 3.63) is 54.6 Å². The first-order valence-corrected chi connectivity index (χ1v) is 9.00. The molecule has 0 bridgehead atoms. The van der Waals surface area contributed by atoms with E-state index in [1.807, 2.05) is 43.3 Å². The molecule has 2 aromatic heterocycles. The van der Waals surface area contributed by atoms with Crippen molar-refractivity contribution in [2.45, 2.75) is 19.9 Å². The number of aromatic amines is 1. The van der Waals surface area contributed by atoms with E-state index in [1.54, 1.807) is 12.3 Å². The Balaban J connectivity index is 0.00000280. The lowest BCUT2D eigenvalue weighted by Gasteiger charge is -2.11. The van der Waals surface area contributed by atoms with Gasteiger partial charge in [0.15, 0.2) is 11.7 Å². The summed E-state index contributed by atoms with van der Waals surface area (Å²) < 4.78 is 11.0. The lowest BCUT2D eigenvalue weighted by atomic mass is 10.3. The van der Waals surface area contributed by atoms with E-state index in [2.05, 4.69) is 30.8 Å². The minimum absolute atomic E-state index is 0. The van der Waals surface area contributed by atoms with Crippen molar-refractivity contribution >= 4 is 29.9 Å². The monoisotopic (exact) mass is 496 g/mol. The van der Waals surface area contributed by atoms with E-state index in [9.17, 15) is 0 Å². The molecule has 0 saturated heterocycles. The highest BCUT2D eigenvalue weighted by Gasteiger charge is 2.08. The molecule has 0 amide bonds. The van der Waals surface area contributed by atoms with E-state index in [0.717, 1.165) is 31.2 Å². The van der Waals surface area contributed by atoms with E-state index in [-0.39, 0.29) is 24.0 Å². The molecule has 0 radical (unpaired) electrons. The van der Waals surface area contributed by atoms with Crippen molar-refractivity contribution in [2.24, 2.45) is 4.99 Å². The van der Waals surface area contributed by atoms with Crippen LogP contribution in [0.3, 0.4) is 0 Å². The zero-order valence-electron chi connectivity index (χ0n) is 15.7. The summed E-state index contributed by atoms with van der Waals surface area (Å²) in [7, 11) is 0. The van der Waals surface area contributed by atoms with Crippen LogP contribution in [0.15, 0.2) is 58.1 Å². The number of hydrogen-bond donors (Lipinski definition) is 3. The van der Waals surface area contributed by atoms with Crippen LogP contribution in [-0.4, -0.2) is 40.8 Å². The summed E-state index contributed by atoms with van der Waals surface area (Å²) in [5.74, 6) is 3.45. The third kappa shape index (κ3) is 6.87. The Morgan fingerprint density at radius 3 is 2.79 bits per heavy atom. The van der Waals surface area contributed by atoms with Gasteiger partial charge in [-0.2, -0.15) is 0 Å². The molecule has 0 aliphatic carbocycles. The van der Waals surface area contributed by atoms with Crippen LogP contribution in [0.25, 0.3) is 11.6 Å². The molecule has 0 spiro atoms. The number of furan rings is 1. The molecule has 0 saturated carbocycles. The van der Waals surface area contributed by atoms with E-state index < -0.39 is 0 Å². The molecular weight excluding hydrogens is 471 g/mol. The van der Waals surface area contributed by atoms with Crippen LogP contribution in [0.5, 0.6) is 5.75 Å². The lowest BCUT2D eigenvalue weighted by molar-refractivity contribution is 0.311. The zero-order chi connectivity index (χ0) is 18.7. The molecular formula is C19H25IN6O2. The number of nitrogens with zero attached hydrogens (tertiary/aromatic N) is 3. The van der Waals surface area contributed by atoms with Crippen molar-refractivity contribution in [2.75, 3.05) is 19.7 Å². The number of H-pyrrole nitrogens is 1. The fourth-order valence-corrected chi connectivity index (χ4v) is 2.36. The predicted octanol–water partition coefficient (Wildman–Crippen LogP) is 3.21. The maximum atomic E-state index is 5.68. The van der Waals surface area contributed by atoms with Crippen LogP contribution in [0, 0.1) is 0 Å². The maximum Gasteiger partial charge on any atom is 0.216 e. The van der Waals surface area contributed by atoms with Crippen LogP contribution in [0.2, 0.25) is 0 Å². The molecule has 150 valence electrons. The molecule has 2 heterocycles. The number of benzene rings is 1. The molecule has 0 atom stereocenters. The molecule has 8 nitrogen and oxygen atoms in total. The van der Waals surface area contributed by atoms with Crippen molar-refractivity contribution in [1.82, 2.24) is 25.8 Å². The van der Waals surface area contributed by atoms with Gasteiger partial charge in [0.2, 0.25) is 5.82 Å². The van der Waals surface area contributed by atoms with Gasteiger partial charge in [-0.15, -0.1) is 29.1 Å². The Kier molecular flexibility index (Phi) is 9.32. The van der Waals surface area contributed by atoms with Gasteiger partial charge < -0.3 is 19.8 Å². The van der Waals surface area contributed by atoms with E-state index >= 15 is 0 Å². The van der Waals surface area contributed by atoms with Crippen molar-refractivity contribution in [3.63, 3.8) is 0 Å². The Labute approximate surface area is 181 Å². The van der Waals surface area contributed by atoms with Crippen LogP contribution in [-0.2, 0) is 6.54 Å². The standard InChI is InChI=1S/C19H24N6O2.HI/c1-2-20-19(21-11-7-13-26-15-8-4-3-5-9-15)22-14-17-23-18(25-24-17)16-10-6-12-27-16;/h3-6,8-10,12H,2,7,11,13-14H2,1H3,(H2,20,21,22)(H,23,24,25);1H. The van der Waals surface area contributed by atoms with Gasteiger partial charge >= 0.3 is 0 Å². The number of aromatic nitrogens is 3. The van der Waals surface area contributed by atoms with Crippen molar-refractivity contribution in [1.29, 1.82) is 0 Å². The third-order valence-electron chi connectivity index (χ3n) is 3.63. The van der Waals surface area contributed by atoms with Gasteiger partial charge in [0.25, 0.3) is 0 Å². The summed E-state index contributed by atoms with van der Waals surface area (Å²) in [6.45, 7) is 4.60. The van der Waals surface area contributed by atoms with Gasteiger partial charge in [-0.1, -0.05) is 18.2 Å². The Morgan fingerprint density at radius 1 is 1.18 bits per heavy atom. The molecule has 0 aliphatic heterocycles. The molecule has 0 unspecified atom stereocenters. The van der Waals surface area contributed by atoms with Crippen LogP contribution in [0.1, 0.15) is 19.2 Å². The first-order valence-electron chi connectivity index (χ1n) is 9.00. The largest absolute Gasteiger partial charge is 0.494 e. The smallest absolute Gasteiger partial charge is 0.216 e. The second-order valence-electron chi connectivity index (χ2n) is 5.72. The molecule has 0 aliphatic rings. The third-order valence-corrected chi connectivity index (χ3v) is 3.63. The quantitative estimate of drug-likeness (QED) is 0.182. The number of halogens is 1. The van der Waals surface area contributed by atoms with Crippen molar-refractivity contribution in [3.8, 4) is 17.3 Å². The highest BCUT2D eigenvalue weighted by Crippen LogP contribution is 2.14. The van der Waals surface area contributed by atoms with E-state index in [4.69, 9.17) is 9.15 Å². The first-order chi connectivity index (χ1) is 13.3. The van der Waals surface area contributed by atoms with Crippen LogP contribution in [0.4, 0.5) is 0 Å².